The SMILES string of the molecule is NC1(N=Nc2cccc3cc(S(=O)(=O)O)ccc23)CC=Cc2ccccc21. The Kier molecular flexibility index (Phi) is 4.15. The van der Waals surface area contributed by atoms with Crippen molar-refractivity contribution in [1.82, 2.24) is 0 Å². The maximum absolute atomic E-state index is 11.3. The molecule has 7 heteroatoms. The lowest BCUT2D eigenvalue weighted by molar-refractivity contribution is 0.447. The maximum atomic E-state index is 11.3. The lowest BCUT2D eigenvalue weighted by Gasteiger charge is -2.27. The van der Waals surface area contributed by atoms with Gasteiger partial charge >= 0.3 is 0 Å². The van der Waals surface area contributed by atoms with Gasteiger partial charge in [-0.15, -0.1) is 0 Å². The van der Waals surface area contributed by atoms with Crippen LogP contribution in [0.3, 0.4) is 0 Å². The minimum Gasteiger partial charge on any atom is -0.302 e. The summed E-state index contributed by atoms with van der Waals surface area (Å²) in [6.45, 7) is 0. The van der Waals surface area contributed by atoms with Crippen LogP contribution in [-0.2, 0) is 15.8 Å². The first-order valence-corrected chi connectivity index (χ1v) is 9.79. The van der Waals surface area contributed by atoms with Crippen LogP contribution in [0, 0.1) is 0 Å². The van der Waals surface area contributed by atoms with Gasteiger partial charge in [-0.1, -0.05) is 54.6 Å². The molecule has 0 radical (unpaired) electrons. The van der Waals surface area contributed by atoms with E-state index >= 15 is 0 Å². The van der Waals surface area contributed by atoms with E-state index in [0.29, 0.717) is 17.5 Å². The molecule has 4 rings (SSSR count). The molecule has 3 aromatic carbocycles. The Morgan fingerprint density at radius 1 is 1.04 bits per heavy atom. The van der Waals surface area contributed by atoms with Crippen LogP contribution < -0.4 is 5.73 Å². The number of azo groups is 1. The number of rotatable bonds is 3. The lowest BCUT2D eigenvalue weighted by atomic mass is 9.88. The average molecular weight is 379 g/mol. The summed E-state index contributed by atoms with van der Waals surface area (Å²) in [5.41, 5.74) is 8.06. The number of fused-ring (bicyclic) bond motifs is 2. The fourth-order valence-corrected chi connectivity index (χ4v) is 3.76. The summed E-state index contributed by atoms with van der Waals surface area (Å²) in [6.07, 6.45) is 4.53. The molecule has 3 N–H and O–H groups in total. The molecule has 1 aliphatic carbocycles. The fraction of sp³-hybridized carbons (Fsp3) is 0.100. The Morgan fingerprint density at radius 2 is 1.85 bits per heavy atom. The summed E-state index contributed by atoms with van der Waals surface area (Å²) in [5, 5.41) is 10.2. The summed E-state index contributed by atoms with van der Waals surface area (Å²) in [5.74, 6) is 0. The van der Waals surface area contributed by atoms with E-state index in [1.165, 1.54) is 12.1 Å². The second kappa shape index (κ2) is 6.38. The highest BCUT2D eigenvalue weighted by Crippen LogP contribution is 2.35. The van der Waals surface area contributed by atoms with Gasteiger partial charge in [-0.2, -0.15) is 18.6 Å². The van der Waals surface area contributed by atoms with Crippen LogP contribution in [0.25, 0.3) is 16.8 Å². The minimum atomic E-state index is -4.26. The summed E-state index contributed by atoms with van der Waals surface area (Å²) in [6, 6.07) is 17.4. The number of nitrogens with zero attached hydrogens (tertiary/aromatic N) is 2. The van der Waals surface area contributed by atoms with E-state index in [9.17, 15) is 13.0 Å². The van der Waals surface area contributed by atoms with Gasteiger partial charge in [-0.25, -0.2) is 0 Å². The van der Waals surface area contributed by atoms with E-state index in [0.717, 1.165) is 16.5 Å². The third kappa shape index (κ3) is 3.28. The van der Waals surface area contributed by atoms with Gasteiger partial charge in [0.2, 0.25) is 0 Å². The Labute approximate surface area is 156 Å². The van der Waals surface area contributed by atoms with Gasteiger partial charge in [0, 0.05) is 17.4 Å². The van der Waals surface area contributed by atoms with Crippen LogP contribution >= 0.6 is 0 Å². The highest BCUT2D eigenvalue weighted by atomic mass is 32.2. The molecule has 27 heavy (non-hydrogen) atoms. The van der Waals surface area contributed by atoms with Gasteiger partial charge < -0.3 is 5.73 Å². The number of nitrogens with two attached hydrogens (primary N) is 1. The molecule has 1 unspecified atom stereocenters. The zero-order valence-corrected chi connectivity index (χ0v) is 15.1. The van der Waals surface area contributed by atoms with Crippen LogP contribution in [-0.4, -0.2) is 13.0 Å². The van der Waals surface area contributed by atoms with Gasteiger partial charge in [0.15, 0.2) is 5.66 Å². The van der Waals surface area contributed by atoms with Crippen LogP contribution in [0.4, 0.5) is 5.69 Å². The van der Waals surface area contributed by atoms with Crippen LogP contribution in [0.5, 0.6) is 0 Å². The molecular weight excluding hydrogens is 362 g/mol. The third-order valence-electron chi connectivity index (χ3n) is 4.62. The van der Waals surface area contributed by atoms with Crippen LogP contribution in [0.15, 0.2) is 81.9 Å². The molecule has 0 aromatic heterocycles. The van der Waals surface area contributed by atoms with Gasteiger partial charge in [-0.3, -0.25) is 4.55 Å². The number of hydrogen-bond acceptors (Lipinski definition) is 5. The zero-order valence-electron chi connectivity index (χ0n) is 14.3. The van der Waals surface area contributed by atoms with E-state index in [-0.39, 0.29) is 4.90 Å². The van der Waals surface area contributed by atoms with Gasteiger partial charge in [0.25, 0.3) is 10.1 Å². The van der Waals surface area contributed by atoms with Crippen LogP contribution in [0.2, 0.25) is 0 Å². The highest BCUT2D eigenvalue weighted by Gasteiger charge is 2.30. The number of benzene rings is 3. The largest absolute Gasteiger partial charge is 0.302 e. The Morgan fingerprint density at radius 3 is 2.67 bits per heavy atom. The standard InChI is InChI=1S/C20H17N3O3S/c21-20(12-4-7-14-5-1-2-8-18(14)20)23-22-19-9-3-6-15-13-16(27(24,25)26)10-11-17(15)19/h1-11,13H,12,21H2,(H,24,25,26). The molecule has 0 bridgehead atoms. The van der Waals surface area contributed by atoms with Crippen molar-refractivity contribution >= 4 is 32.7 Å². The molecule has 1 atom stereocenters. The molecular formula is C20H17N3O3S. The monoisotopic (exact) mass is 379 g/mol. The second-order valence-electron chi connectivity index (χ2n) is 6.45. The fourth-order valence-electron chi connectivity index (χ4n) is 3.24. The Hall–Kier alpha value is -2.87. The van der Waals surface area contributed by atoms with Crippen molar-refractivity contribution < 1.29 is 13.0 Å². The summed E-state index contributed by atoms with van der Waals surface area (Å²) in [4.78, 5) is -0.161. The molecule has 0 aliphatic heterocycles. The van der Waals surface area contributed by atoms with Crippen molar-refractivity contribution in [3.63, 3.8) is 0 Å². The smallest absolute Gasteiger partial charge is 0.294 e. The van der Waals surface area contributed by atoms with Gasteiger partial charge in [0.1, 0.15) is 0 Å². The normalized spacial score (nSPS) is 19.5. The zero-order chi connectivity index (χ0) is 19.1. The molecule has 6 nitrogen and oxygen atoms in total. The van der Waals surface area contributed by atoms with Crippen LogP contribution in [0.1, 0.15) is 17.5 Å². The van der Waals surface area contributed by atoms with E-state index in [4.69, 9.17) is 5.73 Å². The van der Waals surface area contributed by atoms with E-state index in [1.54, 1.807) is 24.3 Å². The first-order chi connectivity index (χ1) is 12.9. The van der Waals surface area contributed by atoms with E-state index in [1.807, 2.05) is 36.4 Å². The first kappa shape index (κ1) is 17.5. The first-order valence-electron chi connectivity index (χ1n) is 8.35. The lowest BCUT2D eigenvalue weighted by Crippen LogP contribution is -2.35. The Balaban J connectivity index is 1.77. The molecule has 0 saturated heterocycles. The van der Waals surface area contributed by atoms with E-state index < -0.39 is 15.8 Å². The van der Waals surface area contributed by atoms with Crippen molar-refractivity contribution in [2.24, 2.45) is 16.0 Å². The summed E-state index contributed by atoms with van der Waals surface area (Å²) < 4.78 is 31.9. The van der Waals surface area contributed by atoms with Gasteiger partial charge in [0.05, 0.1) is 10.6 Å². The summed E-state index contributed by atoms with van der Waals surface area (Å²) >= 11 is 0. The van der Waals surface area contributed by atoms with Crippen molar-refractivity contribution in [2.75, 3.05) is 0 Å². The molecule has 0 amide bonds. The predicted octanol–water partition coefficient (Wildman–Crippen LogP) is 4.40. The molecule has 0 spiro atoms. The molecule has 0 saturated carbocycles. The Bertz CT molecular complexity index is 1200. The third-order valence-corrected chi connectivity index (χ3v) is 5.47. The number of hydrogen-bond donors (Lipinski definition) is 2. The van der Waals surface area contributed by atoms with Crippen molar-refractivity contribution in [3.8, 4) is 0 Å². The average Bonchev–Trinajstić information content (AvgIpc) is 2.66. The summed E-state index contributed by atoms with van der Waals surface area (Å²) in [7, 11) is -4.26. The predicted molar refractivity (Wildman–Crippen MR) is 104 cm³/mol. The molecule has 136 valence electrons. The topological polar surface area (TPSA) is 105 Å². The molecule has 3 aromatic rings. The maximum Gasteiger partial charge on any atom is 0.294 e. The quantitative estimate of drug-likeness (QED) is 0.520. The van der Waals surface area contributed by atoms with Crippen molar-refractivity contribution in [3.05, 3.63) is 77.9 Å². The molecule has 0 fully saturated rings. The molecule has 1 aliphatic rings. The van der Waals surface area contributed by atoms with Crippen molar-refractivity contribution in [2.45, 2.75) is 17.0 Å². The van der Waals surface area contributed by atoms with Gasteiger partial charge in [-0.05, 0) is 29.1 Å². The van der Waals surface area contributed by atoms with E-state index in [2.05, 4.69) is 10.2 Å². The highest BCUT2D eigenvalue weighted by molar-refractivity contribution is 7.85. The van der Waals surface area contributed by atoms with Crippen molar-refractivity contribution in [1.29, 1.82) is 0 Å². The minimum absolute atomic E-state index is 0.161. The second-order valence-corrected chi connectivity index (χ2v) is 7.87. The molecule has 0 heterocycles.